The van der Waals surface area contributed by atoms with Crippen molar-refractivity contribution in [2.24, 2.45) is 5.92 Å². The van der Waals surface area contributed by atoms with E-state index in [0.29, 0.717) is 5.92 Å². The SMILES string of the molecule is CNc1cc(C(C)C)nc(C2(OC)CCC(C)CC2)n1. The van der Waals surface area contributed by atoms with Gasteiger partial charge in [0.2, 0.25) is 0 Å². The van der Waals surface area contributed by atoms with E-state index in [0.717, 1.165) is 36.1 Å². The summed E-state index contributed by atoms with van der Waals surface area (Å²) in [7, 11) is 3.69. The molecule has 0 unspecified atom stereocenters. The highest BCUT2D eigenvalue weighted by Gasteiger charge is 2.39. The third-order valence-corrected chi connectivity index (χ3v) is 4.47. The molecule has 0 atom stereocenters. The minimum absolute atomic E-state index is 0.303. The molecule has 1 N–H and O–H groups in total. The Bertz CT molecular complexity index is 451. The second kappa shape index (κ2) is 6.08. The quantitative estimate of drug-likeness (QED) is 0.911. The van der Waals surface area contributed by atoms with Gasteiger partial charge in [-0.05, 0) is 37.5 Å². The zero-order valence-electron chi connectivity index (χ0n) is 13.4. The second-order valence-corrected chi connectivity index (χ2v) is 6.29. The van der Waals surface area contributed by atoms with E-state index in [-0.39, 0.29) is 5.60 Å². The van der Waals surface area contributed by atoms with Gasteiger partial charge in [0.1, 0.15) is 11.4 Å². The van der Waals surface area contributed by atoms with Gasteiger partial charge >= 0.3 is 0 Å². The van der Waals surface area contributed by atoms with Crippen molar-refractivity contribution in [3.63, 3.8) is 0 Å². The Morgan fingerprint density at radius 1 is 1.30 bits per heavy atom. The van der Waals surface area contributed by atoms with Crippen LogP contribution in [0.4, 0.5) is 5.82 Å². The van der Waals surface area contributed by atoms with Crippen LogP contribution >= 0.6 is 0 Å². The Kier molecular flexibility index (Phi) is 4.63. The highest BCUT2D eigenvalue weighted by atomic mass is 16.5. The van der Waals surface area contributed by atoms with Gasteiger partial charge in [-0.25, -0.2) is 9.97 Å². The van der Waals surface area contributed by atoms with Crippen molar-refractivity contribution in [1.82, 2.24) is 9.97 Å². The summed E-state index contributed by atoms with van der Waals surface area (Å²) >= 11 is 0. The maximum atomic E-state index is 5.89. The summed E-state index contributed by atoms with van der Waals surface area (Å²) in [5.41, 5.74) is 0.776. The third kappa shape index (κ3) is 2.95. The summed E-state index contributed by atoms with van der Waals surface area (Å²) in [6, 6.07) is 2.03. The van der Waals surface area contributed by atoms with Crippen molar-refractivity contribution < 1.29 is 4.74 Å². The number of hydrogen-bond acceptors (Lipinski definition) is 4. The normalized spacial score (nSPS) is 26.8. The molecular weight excluding hydrogens is 250 g/mol. The van der Waals surface area contributed by atoms with Crippen molar-refractivity contribution in [3.8, 4) is 0 Å². The molecule has 112 valence electrons. The molecule has 0 aromatic carbocycles. The standard InChI is InChI=1S/C16H27N3O/c1-11(2)13-10-14(17-4)19-15(18-13)16(20-5)8-6-12(3)7-9-16/h10-12H,6-9H2,1-5H3,(H,17,18,19). The van der Waals surface area contributed by atoms with Crippen molar-refractivity contribution in [3.05, 3.63) is 17.6 Å². The van der Waals surface area contributed by atoms with Gasteiger partial charge < -0.3 is 10.1 Å². The van der Waals surface area contributed by atoms with E-state index >= 15 is 0 Å². The minimum atomic E-state index is -0.303. The fourth-order valence-corrected chi connectivity index (χ4v) is 2.84. The van der Waals surface area contributed by atoms with E-state index in [2.05, 4.69) is 31.1 Å². The van der Waals surface area contributed by atoms with Crippen molar-refractivity contribution in [1.29, 1.82) is 0 Å². The van der Waals surface area contributed by atoms with Crippen LogP contribution in [0.3, 0.4) is 0 Å². The molecule has 20 heavy (non-hydrogen) atoms. The van der Waals surface area contributed by atoms with Crippen LogP contribution in [0, 0.1) is 5.92 Å². The lowest BCUT2D eigenvalue weighted by Crippen LogP contribution is -2.35. The molecule has 1 aromatic heterocycles. The molecule has 4 heteroatoms. The molecule has 1 heterocycles. The first-order valence-corrected chi connectivity index (χ1v) is 7.63. The number of nitrogens with zero attached hydrogens (tertiary/aromatic N) is 2. The van der Waals surface area contributed by atoms with Gasteiger partial charge in [-0.15, -0.1) is 0 Å². The summed E-state index contributed by atoms with van der Waals surface area (Å²) in [5.74, 6) is 2.90. The lowest BCUT2D eigenvalue weighted by atomic mass is 9.79. The number of rotatable bonds is 4. The third-order valence-electron chi connectivity index (χ3n) is 4.47. The lowest BCUT2D eigenvalue weighted by Gasteiger charge is -2.37. The van der Waals surface area contributed by atoms with Crippen LogP contribution in [0.25, 0.3) is 0 Å². The highest BCUT2D eigenvalue weighted by Crippen LogP contribution is 2.41. The molecule has 0 bridgehead atoms. The van der Waals surface area contributed by atoms with Crippen LogP contribution in [0.15, 0.2) is 6.07 Å². The second-order valence-electron chi connectivity index (χ2n) is 6.29. The van der Waals surface area contributed by atoms with Gasteiger partial charge in [0.05, 0.1) is 0 Å². The van der Waals surface area contributed by atoms with Gasteiger partial charge in [0, 0.05) is 25.9 Å². The van der Waals surface area contributed by atoms with E-state index in [9.17, 15) is 0 Å². The maximum Gasteiger partial charge on any atom is 0.162 e. The van der Waals surface area contributed by atoms with E-state index in [1.54, 1.807) is 7.11 Å². The molecule has 0 radical (unpaired) electrons. The van der Waals surface area contributed by atoms with Crippen LogP contribution in [-0.2, 0) is 10.3 Å². The largest absolute Gasteiger partial charge is 0.373 e. The van der Waals surface area contributed by atoms with Crippen LogP contribution in [-0.4, -0.2) is 24.1 Å². The molecule has 4 nitrogen and oxygen atoms in total. The van der Waals surface area contributed by atoms with E-state index in [1.807, 2.05) is 13.1 Å². The molecule has 0 spiro atoms. The number of ether oxygens (including phenoxy) is 1. The zero-order valence-corrected chi connectivity index (χ0v) is 13.4. The first kappa shape index (κ1) is 15.2. The molecular formula is C16H27N3O. The summed E-state index contributed by atoms with van der Waals surface area (Å²) in [6.07, 6.45) is 4.38. The lowest BCUT2D eigenvalue weighted by molar-refractivity contribution is -0.0598. The molecule has 0 amide bonds. The number of nitrogens with one attached hydrogen (secondary N) is 1. The summed E-state index contributed by atoms with van der Waals surface area (Å²) in [4.78, 5) is 9.48. The van der Waals surface area contributed by atoms with Crippen LogP contribution < -0.4 is 5.32 Å². The molecule has 1 fully saturated rings. The molecule has 0 aliphatic heterocycles. The number of methoxy groups -OCH3 is 1. The van der Waals surface area contributed by atoms with Crippen LogP contribution in [0.5, 0.6) is 0 Å². The minimum Gasteiger partial charge on any atom is -0.373 e. The molecule has 1 saturated carbocycles. The average molecular weight is 277 g/mol. The maximum absolute atomic E-state index is 5.89. The van der Waals surface area contributed by atoms with E-state index in [1.165, 1.54) is 12.8 Å². The highest BCUT2D eigenvalue weighted by molar-refractivity contribution is 5.37. The average Bonchev–Trinajstić information content (AvgIpc) is 2.48. The fourth-order valence-electron chi connectivity index (χ4n) is 2.84. The van der Waals surface area contributed by atoms with E-state index < -0.39 is 0 Å². The van der Waals surface area contributed by atoms with Crippen molar-refractivity contribution >= 4 is 5.82 Å². The Morgan fingerprint density at radius 3 is 2.45 bits per heavy atom. The Balaban J connectivity index is 2.40. The smallest absolute Gasteiger partial charge is 0.162 e. The summed E-state index contributed by atoms with van der Waals surface area (Å²) < 4.78 is 5.89. The van der Waals surface area contributed by atoms with Crippen LogP contribution in [0.1, 0.15) is 63.9 Å². The number of aromatic nitrogens is 2. The predicted molar refractivity (Wildman–Crippen MR) is 82.0 cm³/mol. The van der Waals surface area contributed by atoms with Gasteiger partial charge in [-0.1, -0.05) is 20.8 Å². The first-order chi connectivity index (χ1) is 9.50. The Morgan fingerprint density at radius 2 is 1.95 bits per heavy atom. The predicted octanol–water partition coefficient (Wildman–Crippen LogP) is 3.69. The summed E-state index contributed by atoms with van der Waals surface area (Å²) in [5, 5.41) is 3.15. The molecule has 2 rings (SSSR count). The summed E-state index contributed by atoms with van der Waals surface area (Å²) in [6.45, 7) is 6.63. The molecule has 1 aromatic rings. The van der Waals surface area contributed by atoms with Gasteiger partial charge in [0.25, 0.3) is 0 Å². The topological polar surface area (TPSA) is 47.0 Å². The Hall–Kier alpha value is -1.16. The van der Waals surface area contributed by atoms with Crippen LogP contribution in [0.2, 0.25) is 0 Å². The monoisotopic (exact) mass is 277 g/mol. The van der Waals surface area contributed by atoms with Gasteiger partial charge in [-0.2, -0.15) is 0 Å². The molecule has 1 aliphatic rings. The van der Waals surface area contributed by atoms with Gasteiger partial charge in [-0.3, -0.25) is 0 Å². The number of anilines is 1. The zero-order chi connectivity index (χ0) is 14.8. The Labute approximate surface area is 122 Å². The van der Waals surface area contributed by atoms with Gasteiger partial charge in [0.15, 0.2) is 5.82 Å². The first-order valence-electron chi connectivity index (χ1n) is 7.63. The molecule has 1 aliphatic carbocycles. The van der Waals surface area contributed by atoms with E-state index in [4.69, 9.17) is 9.72 Å². The number of hydrogen-bond donors (Lipinski definition) is 1. The molecule has 0 saturated heterocycles. The fraction of sp³-hybridized carbons (Fsp3) is 0.750. The van der Waals surface area contributed by atoms with Crippen molar-refractivity contribution in [2.75, 3.05) is 19.5 Å². The van der Waals surface area contributed by atoms with Crippen molar-refractivity contribution in [2.45, 2.75) is 58.0 Å².